The standard InChI is InChI=1S/C16H15N3O2/c1-10-15(18-11-6-8-12(20)9-7-11)16(21)19-14-5-3-2-4-13(14)17-10/h2-9,15,18,20H,1H3,(H,19,21). The quantitative estimate of drug-likeness (QED) is 0.741. The van der Waals surface area contributed by atoms with Crippen LogP contribution in [0.5, 0.6) is 5.75 Å². The van der Waals surface area contributed by atoms with Gasteiger partial charge in [0, 0.05) is 11.4 Å². The van der Waals surface area contributed by atoms with Crippen molar-refractivity contribution in [1.82, 2.24) is 0 Å². The van der Waals surface area contributed by atoms with Crippen LogP contribution < -0.4 is 10.6 Å². The number of fused-ring (bicyclic) bond motifs is 1. The van der Waals surface area contributed by atoms with Crippen LogP contribution in [0.1, 0.15) is 6.92 Å². The molecule has 0 fully saturated rings. The molecule has 1 aliphatic heterocycles. The predicted molar refractivity (Wildman–Crippen MR) is 83.4 cm³/mol. The number of aliphatic imine (C=N–C) groups is 1. The maximum Gasteiger partial charge on any atom is 0.252 e. The highest BCUT2D eigenvalue weighted by molar-refractivity contribution is 6.17. The first-order valence-corrected chi connectivity index (χ1v) is 6.64. The molecule has 106 valence electrons. The Kier molecular flexibility index (Phi) is 3.31. The lowest BCUT2D eigenvalue weighted by Crippen LogP contribution is -2.39. The van der Waals surface area contributed by atoms with Gasteiger partial charge in [0.1, 0.15) is 11.8 Å². The van der Waals surface area contributed by atoms with Crippen molar-refractivity contribution in [2.75, 3.05) is 10.6 Å². The largest absolute Gasteiger partial charge is 0.508 e. The number of para-hydroxylation sites is 2. The smallest absolute Gasteiger partial charge is 0.252 e. The highest BCUT2D eigenvalue weighted by atomic mass is 16.3. The molecule has 0 radical (unpaired) electrons. The van der Waals surface area contributed by atoms with Crippen LogP contribution in [-0.2, 0) is 4.79 Å². The maximum absolute atomic E-state index is 12.4. The van der Waals surface area contributed by atoms with Crippen LogP contribution in [0.4, 0.5) is 17.1 Å². The van der Waals surface area contributed by atoms with Crippen LogP contribution in [0.25, 0.3) is 0 Å². The van der Waals surface area contributed by atoms with E-state index in [1.165, 1.54) is 0 Å². The third-order valence-electron chi connectivity index (χ3n) is 3.32. The molecular formula is C16H15N3O2. The first-order chi connectivity index (χ1) is 10.1. The van der Waals surface area contributed by atoms with Gasteiger partial charge in [0.15, 0.2) is 0 Å². The molecule has 2 aromatic carbocycles. The summed E-state index contributed by atoms with van der Waals surface area (Å²) >= 11 is 0. The summed E-state index contributed by atoms with van der Waals surface area (Å²) < 4.78 is 0. The second-order valence-corrected chi connectivity index (χ2v) is 4.88. The molecule has 1 heterocycles. The van der Waals surface area contributed by atoms with Crippen LogP contribution in [0.3, 0.4) is 0 Å². The van der Waals surface area contributed by atoms with Crippen LogP contribution in [0, 0.1) is 0 Å². The molecule has 2 aromatic rings. The Morgan fingerprint density at radius 3 is 2.62 bits per heavy atom. The fourth-order valence-electron chi connectivity index (χ4n) is 2.22. The Balaban J connectivity index is 1.90. The number of nitrogens with one attached hydrogen (secondary N) is 2. The molecule has 1 amide bonds. The van der Waals surface area contributed by atoms with E-state index in [0.717, 1.165) is 11.4 Å². The molecule has 0 saturated carbocycles. The number of rotatable bonds is 2. The fraction of sp³-hybridized carbons (Fsp3) is 0.125. The highest BCUT2D eigenvalue weighted by Gasteiger charge is 2.25. The molecule has 0 spiro atoms. The number of hydrogen-bond donors (Lipinski definition) is 3. The van der Waals surface area contributed by atoms with E-state index in [-0.39, 0.29) is 11.7 Å². The number of aromatic hydroxyl groups is 1. The van der Waals surface area contributed by atoms with Crippen molar-refractivity contribution in [2.45, 2.75) is 13.0 Å². The van der Waals surface area contributed by atoms with Crippen molar-refractivity contribution in [3.8, 4) is 5.75 Å². The van der Waals surface area contributed by atoms with Gasteiger partial charge in [-0.25, -0.2) is 0 Å². The van der Waals surface area contributed by atoms with E-state index < -0.39 is 6.04 Å². The second-order valence-electron chi connectivity index (χ2n) is 4.88. The summed E-state index contributed by atoms with van der Waals surface area (Å²) in [5, 5.41) is 15.3. The summed E-state index contributed by atoms with van der Waals surface area (Å²) in [5.74, 6) is 0.0259. The number of nitrogens with zero attached hydrogens (tertiary/aromatic N) is 1. The van der Waals surface area contributed by atoms with Gasteiger partial charge in [0.05, 0.1) is 11.4 Å². The monoisotopic (exact) mass is 281 g/mol. The van der Waals surface area contributed by atoms with Gasteiger partial charge in [-0.2, -0.15) is 0 Å². The Bertz CT molecular complexity index is 708. The van der Waals surface area contributed by atoms with Crippen molar-refractivity contribution in [1.29, 1.82) is 0 Å². The van der Waals surface area contributed by atoms with Gasteiger partial charge in [-0.15, -0.1) is 0 Å². The summed E-state index contributed by atoms with van der Waals surface area (Å²) in [4.78, 5) is 16.9. The Morgan fingerprint density at radius 1 is 1.14 bits per heavy atom. The third-order valence-corrected chi connectivity index (χ3v) is 3.32. The van der Waals surface area contributed by atoms with Crippen LogP contribution in [0.2, 0.25) is 0 Å². The molecule has 0 aromatic heterocycles. The number of hydrogen-bond acceptors (Lipinski definition) is 4. The molecular weight excluding hydrogens is 266 g/mol. The van der Waals surface area contributed by atoms with E-state index in [1.54, 1.807) is 24.3 Å². The lowest BCUT2D eigenvalue weighted by Gasteiger charge is -2.17. The van der Waals surface area contributed by atoms with Crippen molar-refractivity contribution in [3.63, 3.8) is 0 Å². The van der Waals surface area contributed by atoms with Crippen LogP contribution in [0.15, 0.2) is 53.5 Å². The molecule has 1 aliphatic rings. The maximum atomic E-state index is 12.4. The summed E-state index contributed by atoms with van der Waals surface area (Å²) in [6, 6.07) is 13.4. The van der Waals surface area contributed by atoms with E-state index in [2.05, 4.69) is 15.6 Å². The fourth-order valence-corrected chi connectivity index (χ4v) is 2.22. The molecule has 1 unspecified atom stereocenters. The normalized spacial score (nSPS) is 17.3. The Hall–Kier alpha value is -2.82. The number of phenolic OH excluding ortho intramolecular Hbond substituents is 1. The molecule has 21 heavy (non-hydrogen) atoms. The average molecular weight is 281 g/mol. The van der Waals surface area contributed by atoms with Crippen LogP contribution >= 0.6 is 0 Å². The zero-order valence-corrected chi connectivity index (χ0v) is 11.5. The SMILES string of the molecule is CC1=Nc2ccccc2NC(=O)C1Nc1ccc(O)cc1. The summed E-state index contributed by atoms with van der Waals surface area (Å²) in [6.07, 6.45) is 0. The van der Waals surface area contributed by atoms with Crippen molar-refractivity contribution in [3.05, 3.63) is 48.5 Å². The average Bonchev–Trinajstić information content (AvgIpc) is 2.59. The van der Waals surface area contributed by atoms with E-state index in [1.807, 2.05) is 31.2 Å². The van der Waals surface area contributed by atoms with Gasteiger partial charge in [-0.1, -0.05) is 12.1 Å². The number of benzene rings is 2. The zero-order valence-electron chi connectivity index (χ0n) is 11.5. The van der Waals surface area contributed by atoms with E-state index in [0.29, 0.717) is 11.4 Å². The molecule has 3 N–H and O–H groups in total. The van der Waals surface area contributed by atoms with Gasteiger partial charge in [-0.05, 0) is 43.3 Å². The van der Waals surface area contributed by atoms with Crippen molar-refractivity contribution >= 4 is 28.7 Å². The van der Waals surface area contributed by atoms with Gasteiger partial charge in [-0.3, -0.25) is 9.79 Å². The third kappa shape index (κ3) is 2.72. The molecule has 1 atom stereocenters. The molecule has 0 saturated heterocycles. The first kappa shape index (κ1) is 13.2. The van der Waals surface area contributed by atoms with Crippen molar-refractivity contribution < 1.29 is 9.90 Å². The summed E-state index contributed by atoms with van der Waals surface area (Å²) in [5.41, 5.74) is 2.88. The number of carbonyl (C=O) groups excluding carboxylic acids is 1. The molecule has 0 bridgehead atoms. The minimum Gasteiger partial charge on any atom is -0.508 e. The van der Waals surface area contributed by atoms with Gasteiger partial charge >= 0.3 is 0 Å². The van der Waals surface area contributed by atoms with Gasteiger partial charge in [0.2, 0.25) is 0 Å². The van der Waals surface area contributed by atoms with E-state index >= 15 is 0 Å². The Morgan fingerprint density at radius 2 is 1.86 bits per heavy atom. The summed E-state index contributed by atoms with van der Waals surface area (Å²) in [7, 11) is 0. The lowest BCUT2D eigenvalue weighted by atomic mass is 10.1. The molecule has 5 nitrogen and oxygen atoms in total. The van der Waals surface area contributed by atoms with Gasteiger partial charge < -0.3 is 15.7 Å². The highest BCUT2D eigenvalue weighted by Crippen LogP contribution is 2.28. The number of carbonyl (C=O) groups is 1. The predicted octanol–water partition coefficient (Wildman–Crippen LogP) is 2.92. The van der Waals surface area contributed by atoms with Crippen LogP contribution in [-0.4, -0.2) is 22.8 Å². The minimum atomic E-state index is -0.554. The van der Waals surface area contributed by atoms with E-state index in [4.69, 9.17) is 0 Å². The Labute approximate surface area is 122 Å². The second kappa shape index (κ2) is 5.28. The minimum absolute atomic E-state index is 0.158. The van der Waals surface area contributed by atoms with E-state index in [9.17, 15) is 9.90 Å². The lowest BCUT2D eigenvalue weighted by molar-refractivity contribution is -0.115. The zero-order chi connectivity index (χ0) is 14.8. The number of amides is 1. The number of anilines is 2. The topological polar surface area (TPSA) is 73.7 Å². The first-order valence-electron chi connectivity index (χ1n) is 6.64. The number of phenols is 1. The van der Waals surface area contributed by atoms with Crippen molar-refractivity contribution in [2.24, 2.45) is 4.99 Å². The molecule has 5 heteroatoms. The van der Waals surface area contributed by atoms with Gasteiger partial charge in [0.25, 0.3) is 5.91 Å². The molecule has 0 aliphatic carbocycles. The summed E-state index contributed by atoms with van der Waals surface area (Å²) in [6.45, 7) is 1.82. The molecule has 3 rings (SSSR count).